The Morgan fingerprint density at radius 1 is 1.14 bits per heavy atom. The molecule has 0 aliphatic heterocycles. The van der Waals surface area contributed by atoms with Crippen LogP contribution in [0.5, 0.6) is 5.75 Å². The number of hydrogen-bond donors (Lipinski definition) is 0. The van der Waals surface area contributed by atoms with Crippen LogP contribution < -0.4 is 4.74 Å². The first-order valence-electron chi connectivity index (χ1n) is 6.27. The van der Waals surface area contributed by atoms with Crippen LogP contribution in [0.1, 0.15) is 15.9 Å². The minimum atomic E-state index is -0.100. The lowest BCUT2D eigenvalue weighted by Gasteiger charge is -2.01. The molecule has 0 aromatic heterocycles. The van der Waals surface area contributed by atoms with Crippen molar-refractivity contribution in [3.8, 4) is 11.8 Å². The van der Waals surface area contributed by atoms with Crippen LogP contribution in [0.3, 0.4) is 0 Å². The number of halogens is 1. The van der Waals surface area contributed by atoms with Crippen molar-refractivity contribution in [1.29, 1.82) is 5.26 Å². The van der Waals surface area contributed by atoms with E-state index >= 15 is 0 Å². The summed E-state index contributed by atoms with van der Waals surface area (Å²) in [4.78, 5) is 12.0. The number of nitrogens with zero attached hydrogens (tertiary/aromatic N) is 1. The lowest BCUT2D eigenvalue weighted by molar-refractivity contribution is 0.104. The van der Waals surface area contributed by atoms with Gasteiger partial charge in [0.1, 0.15) is 11.8 Å². The van der Waals surface area contributed by atoms with Gasteiger partial charge < -0.3 is 4.74 Å². The van der Waals surface area contributed by atoms with Crippen LogP contribution in [-0.4, -0.2) is 12.4 Å². The molecule has 2 aromatic rings. The summed E-state index contributed by atoms with van der Waals surface area (Å²) >= 11 is 5.80. The summed E-state index contributed by atoms with van der Waals surface area (Å²) in [5.74, 6) is 0.464. The lowest BCUT2D eigenvalue weighted by atomic mass is 10.1. The van der Waals surface area contributed by atoms with Crippen LogP contribution in [0.2, 0.25) is 5.02 Å². The van der Waals surface area contributed by atoms with E-state index in [2.05, 4.69) is 0 Å². The Bertz CT molecular complexity index is 682. The van der Waals surface area contributed by atoms with Crippen molar-refractivity contribution < 1.29 is 9.53 Å². The first-order valence-corrected chi connectivity index (χ1v) is 6.64. The fourth-order valence-corrected chi connectivity index (χ4v) is 1.80. The first kappa shape index (κ1) is 14.8. The Morgan fingerprint density at radius 3 is 2.43 bits per heavy atom. The number of allylic oxidation sites excluding steroid dienone is 1. The highest BCUT2D eigenvalue weighted by Crippen LogP contribution is 2.14. The molecule has 0 aliphatic carbocycles. The number of ketones is 1. The zero-order chi connectivity index (χ0) is 15.1. The third-order valence-corrected chi connectivity index (χ3v) is 2.99. The molecule has 0 spiro atoms. The normalized spacial score (nSPS) is 10.3. The van der Waals surface area contributed by atoms with Crippen molar-refractivity contribution in [2.24, 2.45) is 0 Å². The highest BCUT2D eigenvalue weighted by atomic mass is 35.5. The maximum Gasteiger partial charge on any atom is 0.185 e. The summed E-state index contributed by atoms with van der Waals surface area (Å²) in [6.07, 6.45) is 3.24. The van der Waals surface area contributed by atoms with Gasteiger partial charge in [-0.05, 0) is 48.0 Å². The molecule has 0 unspecified atom stereocenters. The molecule has 21 heavy (non-hydrogen) atoms. The van der Waals surface area contributed by atoms with Gasteiger partial charge in [0.05, 0.1) is 0 Å². The molecule has 0 atom stereocenters. The summed E-state index contributed by atoms with van der Waals surface area (Å²) in [5.41, 5.74) is 1.46. The van der Waals surface area contributed by atoms with Gasteiger partial charge in [-0.3, -0.25) is 4.79 Å². The Balaban J connectivity index is 2.03. The summed E-state index contributed by atoms with van der Waals surface area (Å²) in [5, 5.41) is 9.08. The van der Waals surface area contributed by atoms with E-state index in [0.29, 0.717) is 16.3 Å². The van der Waals surface area contributed by atoms with E-state index in [-0.39, 0.29) is 12.4 Å². The second-order valence-corrected chi connectivity index (χ2v) is 4.66. The highest BCUT2D eigenvalue weighted by molar-refractivity contribution is 6.30. The summed E-state index contributed by atoms with van der Waals surface area (Å²) in [6.45, 7) is -0.0102. The number of rotatable bonds is 5. The zero-order valence-electron chi connectivity index (χ0n) is 11.1. The molecule has 0 radical (unpaired) electrons. The standard InChI is InChI=1S/C17H12ClNO2/c18-15-6-1-13(2-7-15)3-10-17(20)14-4-8-16(9-5-14)21-12-11-19/h1-10H,12H2/b10-3+. The number of hydrogen-bond acceptors (Lipinski definition) is 3. The van der Waals surface area contributed by atoms with E-state index in [1.54, 1.807) is 42.5 Å². The third-order valence-electron chi connectivity index (χ3n) is 2.74. The SMILES string of the molecule is N#CCOc1ccc(C(=O)/C=C/c2ccc(Cl)cc2)cc1. The molecule has 0 amide bonds. The predicted octanol–water partition coefficient (Wildman–Crippen LogP) is 4.14. The van der Waals surface area contributed by atoms with Crippen LogP contribution in [0.15, 0.2) is 54.6 Å². The van der Waals surface area contributed by atoms with Crippen molar-refractivity contribution in [3.05, 3.63) is 70.8 Å². The fourth-order valence-electron chi connectivity index (χ4n) is 1.67. The third kappa shape index (κ3) is 4.48. The Morgan fingerprint density at radius 2 is 1.81 bits per heavy atom. The second-order valence-electron chi connectivity index (χ2n) is 4.22. The summed E-state index contributed by atoms with van der Waals surface area (Å²) in [6, 6.07) is 15.8. The highest BCUT2D eigenvalue weighted by Gasteiger charge is 2.02. The first-order chi connectivity index (χ1) is 10.2. The van der Waals surface area contributed by atoms with E-state index in [0.717, 1.165) is 5.56 Å². The molecule has 0 saturated heterocycles. The van der Waals surface area contributed by atoms with E-state index in [1.807, 2.05) is 18.2 Å². The van der Waals surface area contributed by atoms with Gasteiger partial charge >= 0.3 is 0 Å². The quantitative estimate of drug-likeness (QED) is 0.615. The van der Waals surface area contributed by atoms with Gasteiger partial charge in [0.25, 0.3) is 0 Å². The maximum atomic E-state index is 12.0. The van der Waals surface area contributed by atoms with Crippen LogP contribution in [0.25, 0.3) is 6.08 Å². The minimum Gasteiger partial charge on any atom is -0.479 e. The molecule has 104 valence electrons. The zero-order valence-corrected chi connectivity index (χ0v) is 11.9. The van der Waals surface area contributed by atoms with Gasteiger partial charge in [-0.2, -0.15) is 5.26 Å². The minimum absolute atomic E-state index is 0.0102. The van der Waals surface area contributed by atoms with Gasteiger partial charge in [-0.1, -0.05) is 29.8 Å². The number of carbonyl (C=O) groups excluding carboxylic acids is 1. The van der Waals surface area contributed by atoms with Crippen molar-refractivity contribution in [3.63, 3.8) is 0 Å². The van der Waals surface area contributed by atoms with Gasteiger partial charge in [0.2, 0.25) is 0 Å². The molecule has 3 nitrogen and oxygen atoms in total. The number of ether oxygens (including phenoxy) is 1. The molecule has 0 heterocycles. The number of nitriles is 1. The smallest absolute Gasteiger partial charge is 0.185 e. The number of benzene rings is 2. The molecule has 0 bridgehead atoms. The van der Waals surface area contributed by atoms with E-state index in [4.69, 9.17) is 21.6 Å². The van der Waals surface area contributed by atoms with Crippen molar-refractivity contribution in [1.82, 2.24) is 0 Å². The fraction of sp³-hybridized carbons (Fsp3) is 0.0588. The van der Waals surface area contributed by atoms with Crippen molar-refractivity contribution in [2.75, 3.05) is 6.61 Å². The molecule has 2 rings (SSSR count). The van der Waals surface area contributed by atoms with Gasteiger partial charge in [-0.25, -0.2) is 0 Å². The monoisotopic (exact) mass is 297 g/mol. The van der Waals surface area contributed by atoms with Gasteiger partial charge in [0.15, 0.2) is 12.4 Å². The van der Waals surface area contributed by atoms with Crippen molar-refractivity contribution in [2.45, 2.75) is 0 Å². The maximum absolute atomic E-state index is 12.0. The molecule has 0 aliphatic rings. The predicted molar refractivity (Wildman–Crippen MR) is 82.4 cm³/mol. The van der Waals surface area contributed by atoms with Gasteiger partial charge in [0, 0.05) is 10.6 Å². The van der Waals surface area contributed by atoms with Crippen LogP contribution in [0, 0.1) is 11.3 Å². The van der Waals surface area contributed by atoms with Gasteiger partial charge in [-0.15, -0.1) is 0 Å². The molecule has 0 N–H and O–H groups in total. The number of carbonyl (C=O) groups is 1. The topological polar surface area (TPSA) is 50.1 Å². The van der Waals surface area contributed by atoms with E-state index < -0.39 is 0 Å². The van der Waals surface area contributed by atoms with Crippen LogP contribution >= 0.6 is 11.6 Å². The molecule has 2 aromatic carbocycles. The summed E-state index contributed by atoms with van der Waals surface area (Å²) < 4.78 is 5.13. The Hall–Kier alpha value is -2.57. The van der Waals surface area contributed by atoms with E-state index in [9.17, 15) is 4.79 Å². The average molecular weight is 298 g/mol. The van der Waals surface area contributed by atoms with E-state index in [1.165, 1.54) is 6.08 Å². The Kier molecular flexibility index (Phi) is 5.14. The molecular weight excluding hydrogens is 286 g/mol. The Labute approximate surface area is 128 Å². The van der Waals surface area contributed by atoms with Crippen LogP contribution in [-0.2, 0) is 0 Å². The molecule has 0 saturated carbocycles. The molecule has 4 heteroatoms. The summed E-state index contributed by atoms with van der Waals surface area (Å²) in [7, 11) is 0. The van der Waals surface area contributed by atoms with Crippen molar-refractivity contribution >= 4 is 23.5 Å². The second kappa shape index (κ2) is 7.28. The average Bonchev–Trinajstić information content (AvgIpc) is 2.52. The molecule has 0 fully saturated rings. The lowest BCUT2D eigenvalue weighted by Crippen LogP contribution is -1.96. The molecular formula is C17H12ClNO2. The largest absolute Gasteiger partial charge is 0.479 e. The van der Waals surface area contributed by atoms with Crippen LogP contribution in [0.4, 0.5) is 0 Å².